The number of aromatic amines is 2. The molecule has 2 aliphatic heterocycles. The van der Waals surface area contributed by atoms with Crippen molar-refractivity contribution in [2.24, 2.45) is 16.8 Å². The van der Waals surface area contributed by atoms with Crippen LogP contribution in [0.25, 0.3) is 44.2 Å². The summed E-state index contributed by atoms with van der Waals surface area (Å²) < 4.78 is 4.77. The second kappa shape index (κ2) is 16.5. The second-order valence-corrected chi connectivity index (χ2v) is 15.3. The van der Waals surface area contributed by atoms with Gasteiger partial charge in [0.2, 0.25) is 18.2 Å². The molecule has 0 radical (unpaired) electrons. The number of hydrogen-bond donors (Lipinski definition) is 3. The first-order valence-corrected chi connectivity index (χ1v) is 19.3. The maximum Gasteiger partial charge on any atom is 0.407 e. The second-order valence-electron chi connectivity index (χ2n) is 15.3. The Labute approximate surface area is 326 Å². The lowest BCUT2D eigenvalue weighted by Gasteiger charge is -2.30. The molecule has 5 aromatic rings. The molecule has 14 nitrogen and oxygen atoms in total. The number of aliphatic imine (C=N–C) groups is 1. The van der Waals surface area contributed by atoms with Crippen LogP contribution in [0.5, 0.6) is 0 Å². The van der Waals surface area contributed by atoms with Crippen LogP contribution in [0.2, 0.25) is 0 Å². The molecule has 0 aliphatic carbocycles. The number of nitrogens with zero attached hydrogens (tertiary/aromatic N) is 5. The van der Waals surface area contributed by atoms with E-state index in [2.05, 4.69) is 73.7 Å². The summed E-state index contributed by atoms with van der Waals surface area (Å²) in [6.45, 7) is 8.99. The van der Waals surface area contributed by atoms with Crippen molar-refractivity contribution >= 4 is 46.1 Å². The first-order valence-electron chi connectivity index (χ1n) is 19.3. The van der Waals surface area contributed by atoms with Crippen LogP contribution in [-0.2, 0) is 24.1 Å². The summed E-state index contributed by atoms with van der Waals surface area (Å²) >= 11 is 0. The maximum absolute atomic E-state index is 13.6. The number of likely N-dealkylation sites (tertiary alicyclic amines) is 2. The molecule has 56 heavy (non-hydrogen) atoms. The predicted octanol–water partition coefficient (Wildman–Crippen LogP) is 7.11. The number of methoxy groups -OCH3 is 1. The van der Waals surface area contributed by atoms with Crippen molar-refractivity contribution in [1.82, 2.24) is 35.1 Å². The summed E-state index contributed by atoms with van der Waals surface area (Å²) in [7, 11) is 2.69. The van der Waals surface area contributed by atoms with Gasteiger partial charge >= 0.3 is 6.09 Å². The minimum atomic E-state index is -0.687. The molecule has 2 aliphatic rings. The van der Waals surface area contributed by atoms with Gasteiger partial charge in [0.15, 0.2) is 0 Å². The summed E-state index contributed by atoms with van der Waals surface area (Å²) in [5.41, 5.74) is 5.76. The highest BCUT2D eigenvalue weighted by molar-refractivity contribution is 5.92. The van der Waals surface area contributed by atoms with Crippen LogP contribution in [-0.4, -0.2) is 93.4 Å². The van der Waals surface area contributed by atoms with E-state index in [-0.39, 0.29) is 35.7 Å². The van der Waals surface area contributed by atoms with Gasteiger partial charge in [-0.2, -0.15) is 4.89 Å². The van der Waals surface area contributed by atoms with E-state index in [4.69, 9.17) is 19.6 Å². The fourth-order valence-corrected chi connectivity index (χ4v) is 7.94. The standard InChI is InChI=1S/C42H50N8O6/c1-24(2)36(44-23-56-55-6)40(51)50-18-8-10-35(50)39-45-31-16-15-29(21-32(31)46-39)27-11-12-28-20-30(14-13-26(28)19-27)33-22-43-38(47-33)34-9-7-17-49(34)41(52)37(25(3)4)48-42(53)54-5/h11-16,19-25,34-37H,7-10,17-18H2,1-6H3,(H,43,47)(H,45,46)(H,48,53)/t34-,35-,36-,37-/m0/s1. The van der Waals surface area contributed by atoms with Crippen molar-refractivity contribution in [3.8, 4) is 22.4 Å². The fourth-order valence-electron chi connectivity index (χ4n) is 7.94. The normalized spacial score (nSPS) is 18.4. The fraction of sp³-hybridized carbons (Fsp3) is 0.429. The van der Waals surface area contributed by atoms with Gasteiger partial charge in [-0.15, -0.1) is 0 Å². The number of aromatic nitrogens is 4. The zero-order chi connectivity index (χ0) is 39.5. The number of benzene rings is 3. The Morgan fingerprint density at radius 1 is 0.821 bits per heavy atom. The van der Waals surface area contributed by atoms with E-state index in [0.29, 0.717) is 13.1 Å². The van der Waals surface area contributed by atoms with E-state index in [1.165, 1.54) is 20.6 Å². The third-order valence-corrected chi connectivity index (χ3v) is 10.9. The lowest BCUT2D eigenvalue weighted by Crippen LogP contribution is -2.51. The number of carbonyl (C=O) groups excluding carboxylic acids is 3. The summed E-state index contributed by atoms with van der Waals surface area (Å²) in [5.74, 6) is 1.20. The molecule has 2 aromatic heterocycles. The van der Waals surface area contributed by atoms with Crippen LogP contribution in [0.1, 0.15) is 77.1 Å². The van der Waals surface area contributed by atoms with Crippen molar-refractivity contribution in [3.63, 3.8) is 0 Å². The molecule has 7 rings (SSSR count). The zero-order valence-electron chi connectivity index (χ0n) is 32.7. The van der Waals surface area contributed by atoms with Gasteiger partial charge < -0.3 is 34.7 Å². The molecule has 3 amide bonds. The van der Waals surface area contributed by atoms with Crippen molar-refractivity contribution in [2.75, 3.05) is 27.3 Å². The number of carbonyl (C=O) groups is 3. The first kappa shape index (κ1) is 38.5. The molecule has 2 fully saturated rings. The van der Waals surface area contributed by atoms with Crippen LogP contribution in [0.15, 0.2) is 65.8 Å². The highest BCUT2D eigenvalue weighted by Gasteiger charge is 2.38. The van der Waals surface area contributed by atoms with Gasteiger partial charge in [0.25, 0.3) is 0 Å². The number of amides is 3. The molecule has 14 heteroatoms. The Balaban J connectivity index is 1.07. The molecular weight excluding hydrogens is 713 g/mol. The van der Waals surface area contributed by atoms with Crippen LogP contribution in [0, 0.1) is 11.8 Å². The third-order valence-electron chi connectivity index (χ3n) is 10.9. The average Bonchev–Trinajstić information content (AvgIpc) is 4.03. The minimum Gasteiger partial charge on any atom is -0.453 e. The average molecular weight is 763 g/mol. The highest BCUT2D eigenvalue weighted by Crippen LogP contribution is 2.36. The van der Waals surface area contributed by atoms with E-state index < -0.39 is 18.2 Å². The number of H-pyrrole nitrogens is 2. The number of alkyl carbamates (subject to hydrolysis) is 1. The molecule has 0 spiro atoms. The van der Waals surface area contributed by atoms with Crippen molar-refractivity contribution in [1.29, 1.82) is 0 Å². The maximum atomic E-state index is 13.6. The lowest BCUT2D eigenvalue weighted by molar-refractivity contribution is -0.188. The van der Waals surface area contributed by atoms with Gasteiger partial charge in [-0.25, -0.2) is 19.8 Å². The van der Waals surface area contributed by atoms with Gasteiger partial charge in [0.05, 0.1) is 49.2 Å². The largest absolute Gasteiger partial charge is 0.453 e. The van der Waals surface area contributed by atoms with Gasteiger partial charge in [0.1, 0.15) is 23.7 Å². The Morgan fingerprint density at radius 3 is 2.14 bits per heavy atom. The zero-order valence-corrected chi connectivity index (χ0v) is 32.7. The van der Waals surface area contributed by atoms with E-state index in [0.717, 1.165) is 81.5 Å². The van der Waals surface area contributed by atoms with Crippen molar-refractivity contribution in [3.05, 3.63) is 72.4 Å². The number of rotatable bonds is 12. The molecule has 3 N–H and O–H groups in total. The van der Waals surface area contributed by atoms with Gasteiger partial charge in [-0.1, -0.05) is 58.0 Å². The summed E-state index contributed by atoms with van der Waals surface area (Å²) in [5, 5.41) is 4.89. The van der Waals surface area contributed by atoms with Gasteiger partial charge in [0, 0.05) is 18.7 Å². The first-order chi connectivity index (χ1) is 27.1. The van der Waals surface area contributed by atoms with Crippen molar-refractivity contribution in [2.45, 2.75) is 77.5 Å². The number of ether oxygens (including phenoxy) is 1. The van der Waals surface area contributed by atoms with E-state index in [1.54, 1.807) is 0 Å². The van der Waals surface area contributed by atoms with Gasteiger partial charge in [-0.05, 0) is 83.7 Å². The van der Waals surface area contributed by atoms with E-state index in [9.17, 15) is 14.4 Å². The number of nitrogens with one attached hydrogen (secondary N) is 3. The molecule has 0 saturated carbocycles. The number of hydrogen-bond acceptors (Lipinski definition) is 9. The van der Waals surface area contributed by atoms with E-state index >= 15 is 0 Å². The lowest BCUT2D eigenvalue weighted by atomic mass is 9.99. The van der Waals surface area contributed by atoms with Crippen LogP contribution in [0.4, 0.5) is 4.79 Å². The molecule has 4 heterocycles. The van der Waals surface area contributed by atoms with Crippen LogP contribution >= 0.6 is 0 Å². The highest BCUT2D eigenvalue weighted by atomic mass is 17.2. The van der Waals surface area contributed by atoms with Gasteiger partial charge in [-0.3, -0.25) is 9.59 Å². The molecule has 0 unspecified atom stereocenters. The van der Waals surface area contributed by atoms with Crippen LogP contribution in [0.3, 0.4) is 0 Å². The Hall–Kier alpha value is -5.76. The molecule has 294 valence electrons. The molecule has 2 saturated heterocycles. The van der Waals surface area contributed by atoms with Crippen LogP contribution < -0.4 is 5.32 Å². The smallest absolute Gasteiger partial charge is 0.407 e. The summed E-state index contributed by atoms with van der Waals surface area (Å²) in [6, 6.07) is 17.3. The number of fused-ring (bicyclic) bond motifs is 2. The molecule has 0 bridgehead atoms. The number of imidazole rings is 2. The Morgan fingerprint density at radius 2 is 1.46 bits per heavy atom. The van der Waals surface area contributed by atoms with Crippen molar-refractivity contribution < 1.29 is 28.9 Å². The summed E-state index contributed by atoms with van der Waals surface area (Å²) in [6.07, 6.45) is 5.73. The minimum absolute atomic E-state index is 0.0139. The Kier molecular flexibility index (Phi) is 11.4. The topological polar surface area (TPSA) is 167 Å². The predicted molar refractivity (Wildman–Crippen MR) is 213 cm³/mol. The Bertz CT molecular complexity index is 2240. The summed E-state index contributed by atoms with van der Waals surface area (Å²) in [4.78, 5) is 73.3. The molecule has 3 aromatic carbocycles. The SMILES string of the molecule is COOC=N[C@H](C(=O)N1CCC[C@H]1c1nc2ccc(-c3ccc4cc(-c5cnc([C@@H]6CCCN6C(=O)[C@@H](NC(=O)OC)C(C)C)[nH]5)ccc4c3)cc2[nH]1)C(C)C. The van der Waals surface area contributed by atoms with E-state index in [1.807, 2.05) is 49.8 Å². The third kappa shape index (κ3) is 7.83. The molecular formula is C42H50N8O6. The molecule has 4 atom stereocenters. The quantitative estimate of drug-likeness (QED) is 0.0523. The monoisotopic (exact) mass is 762 g/mol.